The summed E-state index contributed by atoms with van der Waals surface area (Å²) in [5, 5.41) is 8.75. The lowest BCUT2D eigenvalue weighted by Crippen LogP contribution is -2.46. The zero-order chi connectivity index (χ0) is 14.5. The molecule has 0 bridgehead atoms. The fraction of sp³-hybridized carbons (Fsp3) is 0.467. The van der Waals surface area contributed by atoms with Crippen LogP contribution in [0.25, 0.3) is 0 Å². The average Bonchev–Trinajstić information content (AvgIpc) is 3.24. The van der Waals surface area contributed by atoms with Crippen LogP contribution in [0, 0.1) is 0 Å². The summed E-state index contributed by atoms with van der Waals surface area (Å²) in [6.45, 7) is 0.251. The Hall–Kier alpha value is -1.88. The molecule has 1 aromatic rings. The zero-order valence-corrected chi connectivity index (χ0v) is 11.4. The molecule has 108 valence electrons. The summed E-state index contributed by atoms with van der Waals surface area (Å²) < 4.78 is 0. The molecule has 5 nitrogen and oxygen atoms in total. The van der Waals surface area contributed by atoms with Gasteiger partial charge in [0.05, 0.1) is 12.5 Å². The number of amides is 1. The number of carboxylic acids is 1. The van der Waals surface area contributed by atoms with Gasteiger partial charge in [-0.05, 0) is 24.8 Å². The van der Waals surface area contributed by atoms with Crippen molar-refractivity contribution < 1.29 is 14.7 Å². The molecule has 1 saturated carbocycles. The predicted octanol–water partition coefficient (Wildman–Crippen LogP) is 1.02. The van der Waals surface area contributed by atoms with Crippen molar-refractivity contribution in [2.45, 2.75) is 37.8 Å². The highest BCUT2D eigenvalue weighted by Crippen LogP contribution is 2.27. The van der Waals surface area contributed by atoms with Gasteiger partial charge < -0.3 is 15.7 Å². The quantitative estimate of drug-likeness (QED) is 0.779. The Labute approximate surface area is 118 Å². The van der Waals surface area contributed by atoms with E-state index in [4.69, 9.17) is 10.8 Å². The van der Waals surface area contributed by atoms with E-state index in [0.717, 1.165) is 18.4 Å². The van der Waals surface area contributed by atoms with E-state index >= 15 is 0 Å². The van der Waals surface area contributed by atoms with Crippen LogP contribution in [0.3, 0.4) is 0 Å². The largest absolute Gasteiger partial charge is 0.481 e. The van der Waals surface area contributed by atoms with E-state index in [2.05, 4.69) is 0 Å². The van der Waals surface area contributed by atoms with Gasteiger partial charge in [-0.1, -0.05) is 30.3 Å². The molecule has 0 aromatic heterocycles. The van der Waals surface area contributed by atoms with Gasteiger partial charge in [-0.2, -0.15) is 0 Å². The van der Waals surface area contributed by atoms with Crippen LogP contribution in [0.15, 0.2) is 30.3 Å². The normalized spacial score (nSPS) is 15.7. The van der Waals surface area contributed by atoms with Crippen LogP contribution >= 0.6 is 0 Å². The Kier molecular flexibility index (Phi) is 4.74. The van der Waals surface area contributed by atoms with Gasteiger partial charge in [0, 0.05) is 12.6 Å². The molecule has 0 unspecified atom stereocenters. The third-order valence-electron chi connectivity index (χ3n) is 3.45. The topological polar surface area (TPSA) is 83.6 Å². The number of nitrogens with zero attached hydrogens (tertiary/aromatic N) is 1. The molecule has 0 heterocycles. The summed E-state index contributed by atoms with van der Waals surface area (Å²) >= 11 is 0. The molecule has 0 radical (unpaired) electrons. The van der Waals surface area contributed by atoms with E-state index in [1.807, 2.05) is 30.3 Å². The molecular weight excluding hydrogens is 256 g/mol. The van der Waals surface area contributed by atoms with Crippen molar-refractivity contribution in [3.8, 4) is 0 Å². The van der Waals surface area contributed by atoms with Crippen molar-refractivity contribution >= 4 is 11.9 Å². The van der Waals surface area contributed by atoms with E-state index in [0.29, 0.717) is 6.42 Å². The standard InChI is InChI=1S/C15H20N2O3/c16-13(10-11-4-2-1-3-5-11)15(20)17(12-6-7-12)9-8-14(18)19/h1-5,12-13H,6-10,16H2,(H,18,19)/t13-/m0/s1. The Balaban J connectivity index is 1.94. The van der Waals surface area contributed by atoms with Crippen molar-refractivity contribution in [1.82, 2.24) is 4.90 Å². The van der Waals surface area contributed by atoms with Crippen LogP contribution in [0.5, 0.6) is 0 Å². The highest BCUT2D eigenvalue weighted by Gasteiger charge is 2.34. The maximum Gasteiger partial charge on any atom is 0.305 e. The number of rotatable bonds is 7. The first kappa shape index (κ1) is 14.5. The second-order valence-corrected chi connectivity index (χ2v) is 5.20. The molecule has 0 spiro atoms. The van der Waals surface area contributed by atoms with Crippen LogP contribution in [0.4, 0.5) is 0 Å². The highest BCUT2D eigenvalue weighted by molar-refractivity contribution is 5.83. The zero-order valence-electron chi connectivity index (χ0n) is 11.4. The number of carbonyl (C=O) groups is 2. The lowest BCUT2D eigenvalue weighted by atomic mass is 10.1. The van der Waals surface area contributed by atoms with Crippen molar-refractivity contribution in [3.05, 3.63) is 35.9 Å². The van der Waals surface area contributed by atoms with Crippen LogP contribution in [0.2, 0.25) is 0 Å². The van der Waals surface area contributed by atoms with Crippen LogP contribution in [-0.4, -0.2) is 40.5 Å². The first-order valence-electron chi connectivity index (χ1n) is 6.89. The van der Waals surface area contributed by atoms with Crippen LogP contribution in [-0.2, 0) is 16.0 Å². The summed E-state index contributed by atoms with van der Waals surface area (Å²) in [4.78, 5) is 24.7. The lowest BCUT2D eigenvalue weighted by molar-refractivity contribution is -0.139. The highest BCUT2D eigenvalue weighted by atomic mass is 16.4. The van der Waals surface area contributed by atoms with Crippen molar-refractivity contribution in [2.24, 2.45) is 5.73 Å². The summed E-state index contributed by atoms with van der Waals surface area (Å²) in [6, 6.07) is 9.19. The van der Waals surface area contributed by atoms with Crippen molar-refractivity contribution in [1.29, 1.82) is 0 Å². The van der Waals surface area contributed by atoms with Crippen molar-refractivity contribution in [3.63, 3.8) is 0 Å². The van der Waals surface area contributed by atoms with E-state index in [-0.39, 0.29) is 24.9 Å². The van der Waals surface area contributed by atoms with Crippen LogP contribution in [0.1, 0.15) is 24.8 Å². The molecule has 1 amide bonds. The van der Waals surface area contributed by atoms with Gasteiger partial charge in [0.2, 0.25) is 5.91 Å². The number of carbonyl (C=O) groups excluding carboxylic acids is 1. The molecule has 0 saturated heterocycles. The number of benzene rings is 1. The fourth-order valence-electron chi connectivity index (χ4n) is 2.24. The molecule has 1 fully saturated rings. The van der Waals surface area contributed by atoms with E-state index < -0.39 is 12.0 Å². The van der Waals surface area contributed by atoms with E-state index in [9.17, 15) is 9.59 Å². The number of hydrogen-bond acceptors (Lipinski definition) is 3. The summed E-state index contributed by atoms with van der Waals surface area (Å²) in [7, 11) is 0. The predicted molar refractivity (Wildman–Crippen MR) is 75.1 cm³/mol. The second-order valence-electron chi connectivity index (χ2n) is 5.20. The second kappa shape index (κ2) is 6.52. The Morgan fingerprint density at radius 2 is 1.95 bits per heavy atom. The minimum Gasteiger partial charge on any atom is -0.481 e. The molecule has 1 aromatic carbocycles. The molecule has 2 rings (SSSR count). The first-order chi connectivity index (χ1) is 9.58. The molecule has 3 N–H and O–H groups in total. The number of aliphatic carboxylic acids is 1. The maximum absolute atomic E-state index is 12.3. The smallest absolute Gasteiger partial charge is 0.305 e. The molecule has 1 aliphatic rings. The minimum absolute atomic E-state index is 0.0275. The SMILES string of the molecule is N[C@@H](Cc1ccccc1)C(=O)N(CCC(=O)O)C1CC1. The minimum atomic E-state index is -0.889. The molecule has 20 heavy (non-hydrogen) atoms. The summed E-state index contributed by atoms with van der Waals surface area (Å²) in [6.07, 6.45) is 2.35. The first-order valence-corrected chi connectivity index (χ1v) is 6.89. The molecule has 1 aliphatic carbocycles. The van der Waals surface area contributed by atoms with Gasteiger partial charge in [0.15, 0.2) is 0 Å². The van der Waals surface area contributed by atoms with Gasteiger partial charge in [0.1, 0.15) is 0 Å². The molecular formula is C15H20N2O3. The fourth-order valence-corrected chi connectivity index (χ4v) is 2.24. The average molecular weight is 276 g/mol. The number of hydrogen-bond donors (Lipinski definition) is 2. The Morgan fingerprint density at radius 3 is 2.50 bits per heavy atom. The molecule has 5 heteroatoms. The van der Waals surface area contributed by atoms with Gasteiger partial charge in [-0.25, -0.2) is 0 Å². The maximum atomic E-state index is 12.3. The lowest BCUT2D eigenvalue weighted by Gasteiger charge is -2.25. The van der Waals surface area contributed by atoms with Gasteiger partial charge in [-0.15, -0.1) is 0 Å². The summed E-state index contributed by atoms with van der Waals surface area (Å²) in [5.74, 6) is -1.03. The third kappa shape index (κ3) is 4.06. The number of carboxylic acid groups (broad SMARTS) is 1. The van der Waals surface area contributed by atoms with Crippen LogP contribution < -0.4 is 5.73 Å². The van der Waals surface area contributed by atoms with E-state index in [1.165, 1.54) is 0 Å². The van der Waals surface area contributed by atoms with Crippen molar-refractivity contribution in [2.75, 3.05) is 6.54 Å². The third-order valence-corrected chi connectivity index (χ3v) is 3.45. The van der Waals surface area contributed by atoms with E-state index in [1.54, 1.807) is 4.90 Å². The van der Waals surface area contributed by atoms with Gasteiger partial charge >= 0.3 is 5.97 Å². The van der Waals surface area contributed by atoms with Gasteiger partial charge in [0.25, 0.3) is 0 Å². The molecule has 1 atom stereocenters. The Morgan fingerprint density at radius 1 is 1.30 bits per heavy atom. The van der Waals surface area contributed by atoms with Gasteiger partial charge in [-0.3, -0.25) is 9.59 Å². The molecule has 0 aliphatic heterocycles. The Bertz CT molecular complexity index is 471. The summed E-state index contributed by atoms with van der Waals surface area (Å²) in [5.41, 5.74) is 7.00. The monoisotopic (exact) mass is 276 g/mol. The number of nitrogens with two attached hydrogens (primary N) is 1.